The molecule has 6 nitrogen and oxygen atoms in total. The molecular weight excluding hydrogens is 316 g/mol. The molecule has 0 saturated heterocycles. The van der Waals surface area contributed by atoms with Crippen molar-refractivity contribution in [2.45, 2.75) is 20.3 Å². The molecule has 132 valence electrons. The van der Waals surface area contributed by atoms with Gasteiger partial charge in [0, 0.05) is 5.56 Å². The van der Waals surface area contributed by atoms with Crippen LogP contribution in [0.5, 0.6) is 11.5 Å². The van der Waals surface area contributed by atoms with Gasteiger partial charge in [-0.25, -0.2) is 9.66 Å². The van der Waals surface area contributed by atoms with E-state index in [0.29, 0.717) is 37.1 Å². The lowest BCUT2D eigenvalue weighted by atomic mass is 10.1. The van der Waals surface area contributed by atoms with Crippen molar-refractivity contribution in [2.75, 3.05) is 18.9 Å². The number of imidazole rings is 1. The fourth-order valence-corrected chi connectivity index (χ4v) is 2.36. The Kier molecular flexibility index (Phi) is 6.39. The van der Waals surface area contributed by atoms with Crippen molar-refractivity contribution in [3.63, 3.8) is 0 Å². The van der Waals surface area contributed by atoms with Crippen molar-refractivity contribution in [3.8, 4) is 11.5 Å². The predicted molar refractivity (Wildman–Crippen MR) is 102 cm³/mol. The van der Waals surface area contributed by atoms with Crippen LogP contribution in [0.4, 0.5) is 5.95 Å². The monoisotopic (exact) mass is 340 g/mol. The third-order valence-corrected chi connectivity index (χ3v) is 3.33. The van der Waals surface area contributed by atoms with Gasteiger partial charge in [0.15, 0.2) is 11.5 Å². The summed E-state index contributed by atoms with van der Waals surface area (Å²) in [7, 11) is 0. The van der Waals surface area contributed by atoms with Crippen molar-refractivity contribution >= 4 is 12.2 Å². The minimum atomic E-state index is 0.344. The summed E-state index contributed by atoms with van der Waals surface area (Å²) in [6, 6.07) is 3.88. The smallest absolute Gasteiger partial charge is 0.221 e. The van der Waals surface area contributed by atoms with Crippen LogP contribution in [0.2, 0.25) is 0 Å². The van der Waals surface area contributed by atoms with Gasteiger partial charge in [0.1, 0.15) is 6.61 Å². The topological polar surface area (TPSA) is 74.7 Å². The normalized spacial score (nSPS) is 10.8. The summed E-state index contributed by atoms with van der Waals surface area (Å²) in [5, 5.41) is 4.36. The number of hydrogen-bond acceptors (Lipinski definition) is 5. The predicted octanol–water partition coefficient (Wildman–Crippen LogP) is 3.35. The molecule has 2 N–H and O–H groups in total. The molecular formula is C19H24N4O2. The molecule has 1 aromatic heterocycles. The molecule has 2 aromatic rings. The van der Waals surface area contributed by atoms with Gasteiger partial charge in [-0.1, -0.05) is 18.7 Å². The first-order valence-corrected chi connectivity index (χ1v) is 8.09. The van der Waals surface area contributed by atoms with Gasteiger partial charge in [0.25, 0.3) is 0 Å². The molecule has 1 aromatic carbocycles. The first-order valence-electron chi connectivity index (χ1n) is 8.09. The zero-order valence-electron chi connectivity index (χ0n) is 14.7. The average Bonchev–Trinajstić information content (AvgIpc) is 2.90. The molecule has 0 spiro atoms. The second kappa shape index (κ2) is 8.73. The standard InChI is InChI=1S/C19H24N4O2/c1-5-8-16-10-15(12-21-23-13-14(4)22-19(23)20)11-17(24-7-3)18(16)25-9-6-2/h5-6,10-13H,1-2,7-9H2,3-4H3,(H2,20,22). The number of hydrogen-bond donors (Lipinski definition) is 1. The van der Waals surface area contributed by atoms with E-state index in [4.69, 9.17) is 15.2 Å². The number of nitrogen functional groups attached to an aromatic ring is 1. The van der Waals surface area contributed by atoms with Gasteiger partial charge in [-0.3, -0.25) is 0 Å². The summed E-state index contributed by atoms with van der Waals surface area (Å²) in [4.78, 5) is 4.12. The summed E-state index contributed by atoms with van der Waals surface area (Å²) in [6.07, 6.45) is 7.66. The van der Waals surface area contributed by atoms with Crippen molar-refractivity contribution in [2.24, 2.45) is 5.10 Å². The van der Waals surface area contributed by atoms with Gasteiger partial charge in [-0.05, 0) is 38.0 Å². The molecule has 1 heterocycles. The highest BCUT2D eigenvalue weighted by molar-refractivity contribution is 5.81. The van der Waals surface area contributed by atoms with Crippen molar-refractivity contribution in [3.05, 3.63) is 60.5 Å². The van der Waals surface area contributed by atoms with E-state index in [0.717, 1.165) is 16.8 Å². The zero-order chi connectivity index (χ0) is 18.2. The minimum absolute atomic E-state index is 0.344. The molecule has 0 aliphatic rings. The first-order chi connectivity index (χ1) is 12.1. The number of allylic oxidation sites excluding steroid dienone is 1. The fourth-order valence-electron chi connectivity index (χ4n) is 2.36. The number of aromatic nitrogens is 2. The van der Waals surface area contributed by atoms with E-state index in [9.17, 15) is 0 Å². The van der Waals surface area contributed by atoms with Crippen LogP contribution in [-0.2, 0) is 6.42 Å². The Morgan fingerprint density at radius 1 is 1.28 bits per heavy atom. The van der Waals surface area contributed by atoms with Crippen LogP contribution in [0.25, 0.3) is 0 Å². The highest BCUT2D eigenvalue weighted by Crippen LogP contribution is 2.33. The minimum Gasteiger partial charge on any atom is -0.490 e. The van der Waals surface area contributed by atoms with E-state index in [1.165, 1.54) is 4.68 Å². The van der Waals surface area contributed by atoms with Gasteiger partial charge >= 0.3 is 0 Å². The van der Waals surface area contributed by atoms with Crippen molar-refractivity contribution in [1.82, 2.24) is 9.66 Å². The Morgan fingerprint density at radius 2 is 2.08 bits per heavy atom. The third kappa shape index (κ3) is 4.73. The third-order valence-electron chi connectivity index (χ3n) is 3.33. The lowest BCUT2D eigenvalue weighted by Crippen LogP contribution is -2.04. The van der Waals surface area contributed by atoms with E-state index in [1.807, 2.05) is 32.1 Å². The highest BCUT2D eigenvalue weighted by atomic mass is 16.5. The summed E-state index contributed by atoms with van der Waals surface area (Å²) in [6.45, 7) is 12.2. The Bertz CT molecular complexity index is 778. The second-order valence-electron chi connectivity index (χ2n) is 5.36. The van der Waals surface area contributed by atoms with Crippen molar-refractivity contribution < 1.29 is 9.47 Å². The molecule has 0 saturated carbocycles. The highest BCUT2D eigenvalue weighted by Gasteiger charge is 2.12. The Hall–Kier alpha value is -3.02. The van der Waals surface area contributed by atoms with Crippen LogP contribution in [-0.4, -0.2) is 29.1 Å². The molecule has 0 radical (unpaired) electrons. The van der Waals surface area contributed by atoms with Crippen LogP contribution >= 0.6 is 0 Å². The van der Waals surface area contributed by atoms with Gasteiger partial charge in [-0.2, -0.15) is 5.10 Å². The van der Waals surface area contributed by atoms with Gasteiger partial charge in [-0.15, -0.1) is 6.58 Å². The molecule has 2 rings (SSSR count). The molecule has 0 aliphatic heterocycles. The largest absolute Gasteiger partial charge is 0.490 e. The van der Waals surface area contributed by atoms with Crippen LogP contribution in [0, 0.1) is 6.92 Å². The average molecular weight is 340 g/mol. The molecule has 0 amide bonds. The number of aryl methyl sites for hydroxylation is 1. The Balaban J connectivity index is 2.41. The SMILES string of the molecule is C=CCOc1c(CC=C)cc(C=Nn2cc(C)nc2N)cc1OCC. The molecule has 6 heteroatoms. The lowest BCUT2D eigenvalue weighted by molar-refractivity contribution is 0.295. The van der Waals surface area contributed by atoms with E-state index in [1.54, 1.807) is 18.5 Å². The molecule has 0 aliphatic carbocycles. The number of benzene rings is 1. The first kappa shape index (κ1) is 18.3. The van der Waals surface area contributed by atoms with E-state index < -0.39 is 0 Å². The number of nitrogens with zero attached hydrogens (tertiary/aromatic N) is 3. The summed E-state index contributed by atoms with van der Waals surface area (Å²) in [5.41, 5.74) is 8.46. The number of nitrogens with two attached hydrogens (primary N) is 1. The maximum atomic E-state index is 5.81. The van der Waals surface area contributed by atoms with Crippen LogP contribution < -0.4 is 15.2 Å². The van der Waals surface area contributed by atoms with Crippen LogP contribution in [0.15, 0.2) is 48.7 Å². The molecule has 25 heavy (non-hydrogen) atoms. The van der Waals surface area contributed by atoms with E-state index >= 15 is 0 Å². The maximum absolute atomic E-state index is 5.81. The summed E-state index contributed by atoms with van der Waals surface area (Å²) < 4.78 is 13.1. The van der Waals surface area contributed by atoms with Crippen LogP contribution in [0.1, 0.15) is 23.7 Å². The summed E-state index contributed by atoms with van der Waals surface area (Å²) in [5.74, 6) is 1.72. The molecule has 0 fully saturated rings. The quantitative estimate of drug-likeness (QED) is 0.561. The maximum Gasteiger partial charge on any atom is 0.221 e. The summed E-state index contributed by atoms with van der Waals surface area (Å²) >= 11 is 0. The number of rotatable bonds is 9. The molecule has 0 bridgehead atoms. The zero-order valence-corrected chi connectivity index (χ0v) is 14.7. The van der Waals surface area contributed by atoms with Crippen molar-refractivity contribution in [1.29, 1.82) is 0 Å². The van der Waals surface area contributed by atoms with Gasteiger partial charge in [0.2, 0.25) is 5.95 Å². The van der Waals surface area contributed by atoms with Crippen LogP contribution in [0.3, 0.4) is 0 Å². The lowest BCUT2D eigenvalue weighted by Gasteiger charge is -2.15. The number of anilines is 1. The van der Waals surface area contributed by atoms with E-state index in [-0.39, 0.29) is 0 Å². The fraction of sp³-hybridized carbons (Fsp3) is 0.263. The molecule has 0 unspecified atom stereocenters. The Labute approximate surface area is 148 Å². The van der Waals surface area contributed by atoms with Gasteiger partial charge < -0.3 is 15.2 Å². The van der Waals surface area contributed by atoms with Gasteiger partial charge in [0.05, 0.1) is 24.7 Å². The second-order valence-corrected chi connectivity index (χ2v) is 5.36. The van der Waals surface area contributed by atoms with E-state index in [2.05, 4.69) is 23.2 Å². The molecule has 0 atom stereocenters. The Morgan fingerprint density at radius 3 is 2.68 bits per heavy atom. The number of ether oxygens (including phenoxy) is 2.